The molecule has 0 fully saturated rings. The maximum atomic E-state index is 8.26. The van der Waals surface area contributed by atoms with Gasteiger partial charge in [0.05, 0.1) is 12.0 Å². The summed E-state index contributed by atoms with van der Waals surface area (Å²) in [6.45, 7) is 3.94. The van der Waals surface area contributed by atoms with Crippen LogP contribution in [0.3, 0.4) is 0 Å². The van der Waals surface area contributed by atoms with Gasteiger partial charge in [0.25, 0.3) is 0 Å². The lowest BCUT2D eigenvalue weighted by molar-refractivity contribution is 0.946. The van der Waals surface area contributed by atoms with Crippen LogP contribution in [0.25, 0.3) is 0 Å². The number of nitriles is 1. The molecular weight excluding hydrogens is 98.1 g/mol. The Morgan fingerprint density at radius 1 is 1.75 bits per heavy atom. The molecule has 0 bridgehead atoms. The Labute approximate surface area is 50.6 Å². The first kappa shape index (κ1) is 7.23. The van der Waals surface area contributed by atoms with E-state index in [9.17, 15) is 0 Å². The molecule has 8 heavy (non-hydrogen) atoms. The molecule has 0 N–H and O–H groups in total. The number of allylic oxidation sites excluding steroid dienone is 2. The standard InChI is InChI=1S/C7H11N/c1-3-4-5-7(2)6-8/h4-5,7H,3H2,1-2H3/b5-4+. The van der Waals surface area contributed by atoms with Crippen molar-refractivity contribution in [3.05, 3.63) is 12.2 Å². The van der Waals surface area contributed by atoms with Crippen molar-refractivity contribution in [3.8, 4) is 6.07 Å². The smallest absolute Gasteiger partial charge is 0.0694 e. The fraction of sp³-hybridized carbons (Fsp3) is 0.571. The van der Waals surface area contributed by atoms with E-state index in [1.165, 1.54) is 0 Å². The molecule has 1 heteroatoms. The summed E-state index contributed by atoms with van der Waals surface area (Å²) in [5.41, 5.74) is 0. The van der Waals surface area contributed by atoms with Gasteiger partial charge in [0, 0.05) is 0 Å². The van der Waals surface area contributed by atoms with Crippen LogP contribution in [0.1, 0.15) is 20.3 Å². The van der Waals surface area contributed by atoms with E-state index in [2.05, 4.69) is 13.0 Å². The molecule has 1 nitrogen and oxygen atoms in total. The lowest BCUT2D eigenvalue weighted by Gasteiger charge is -1.86. The Morgan fingerprint density at radius 2 is 2.38 bits per heavy atom. The predicted molar refractivity (Wildman–Crippen MR) is 34.2 cm³/mol. The second kappa shape index (κ2) is 4.39. The maximum absolute atomic E-state index is 8.26. The molecule has 0 aromatic heterocycles. The molecule has 0 radical (unpaired) electrons. The molecule has 0 aliphatic heterocycles. The first-order valence-corrected chi connectivity index (χ1v) is 2.87. The highest BCUT2D eigenvalue weighted by atomic mass is 14.2. The average molecular weight is 109 g/mol. The van der Waals surface area contributed by atoms with Crippen LogP contribution >= 0.6 is 0 Å². The molecule has 0 aromatic carbocycles. The van der Waals surface area contributed by atoms with E-state index in [1.807, 2.05) is 19.1 Å². The topological polar surface area (TPSA) is 23.8 Å². The summed E-state index contributed by atoms with van der Waals surface area (Å²) in [6.07, 6.45) is 4.94. The molecule has 0 amide bonds. The summed E-state index contributed by atoms with van der Waals surface area (Å²) < 4.78 is 0. The summed E-state index contributed by atoms with van der Waals surface area (Å²) >= 11 is 0. The van der Waals surface area contributed by atoms with Crippen molar-refractivity contribution in [3.63, 3.8) is 0 Å². The molecule has 0 spiro atoms. The van der Waals surface area contributed by atoms with E-state index in [1.54, 1.807) is 0 Å². The lowest BCUT2D eigenvalue weighted by atomic mass is 10.2. The van der Waals surface area contributed by atoms with Crippen LogP contribution in [0.15, 0.2) is 12.2 Å². The lowest BCUT2D eigenvalue weighted by Crippen LogP contribution is -1.79. The highest BCUT2D eigenvalue weighted by Crippen LogP contribution is 1.93. The van der Waals surface area contributed by atoms with Crippen LogP contribution < -0.4 is 0 Å². The summed E-state index contributed by atoms with van der Waals surface area (Å²) in [7, 11) is 0. The van der Waals surface area contributed by atoms with Gasteiger partial charge in [0.1, 0.15) is 0 Å². The van der Waals surface area contributed by atoms with Gasteiger partial charge in [0.2, 0.25) is 0 Å². The molecule has 0 rings (SSSR count). The molecule has 0 saturated carbocycles. The molecule has 0 aliphatic rings. The fourth-order valence-corrected chi connectivity index (χ4v) is 0.383. The minimum absolute atomic E-state index is 0.0787. The Morgan fingerprint density at radius 3 is 2.75 bits per heavy atom. The minimum Gasteiger partial charge on any atom is -0.198 e. The third-order valence-electron chi connectivity index (χ3n) is 0.864. The fourth-order valence-electron chi connectivity index (χ4n) is 0.383. The van der Waals surface area contributed by atoms with Gasteiger partial charge < -0.3 is 0 Å². The predicted octanol–water partition coefficient (Wildman–Crippen LogP) is 2.11. The van der Waals surface area contributed by atoms with E-state index < -0.39 is 0 Å². The molecule has 44 valence electrons. The van der Waals surface area contributed by atoms with Crippen molar-refractivity contribution in [1.29, 1.82) is 5.26 Å². The van der Waals surface area contributed by atoms with Crippen LogP contribution in [0, 0.1) is 17.2 Å². The summed E-state index contributed by atoms with van der Waals surface area (Å²) in [6, 6.07) is 2.11. The number of rotatable bonds is 2. The average Bonchev–Trinajstić information content (AvgIpc) is 1.83. The van der Waals surface area contributed by atoms with Gasteiger partial charge in [0.15, 0.2) is 0 Å². The monoisotopic (exact) mass is 109 g/mol. The quantitative estimate of drug-likeness (QED) is 0.498. The third kappa shape index (κ3) is 3.42. The van der Waals surface area contributed by atoms with Crippen molar-refractivity contribution in [1.82, 2.24) is 0 Å². The van der Waals surface area contributed by atoms with Gasteiger partial charge >= 0.3 is 0 Å². The second-order valence-electron chi connectivity index (χ2n) is 1.75. The summed E-state index contributed by atoms with van der Waals surface area (Å²) in [5.74, 6) is 0.0787. The van der Waals surface area contributed by atoms with Crippen molar-refractivity contribution in [2.75, 3.05) is 0 Å². The van der Waals surface area contributed by atoms with E-state index in [4.69, 9.17) is 5.26 Å². The first-order chi connectivity index (χ1) is 3.81. The SMILES string of the molecule is CC/C=C/C(C)C#N. The molecule has 0 saturated heterocycles. The zero-order chi connectivity index (χ0) is 6.41. The number of nitrogens with zero attached hydrogens (tertiary/aromatic N) is 1. The van der Waals surface area contributed by atoms with Crippen LogP contribution in [-0.2, 0) is 0 Å². The Hall–Kier alpha value is -0.770. The summed E-state index contributed by atoms with van der Waals surface area (Å²) in [5, 5.41) is 8.26. The van der Waals surface area contributed by atoms with Gasteiger partial charge in [-0.2, -0.15) is 5.26 Å². The van der Waals surface area contributed by atoms with Crippen molar-refractivity contribution >= 4 is 0 Å². The summed E-state index contributed by atoms with van der Waals surface area (Å²) in [4.78, 5) is 0. The van der Waals surface area contributed by atoms with E-state index >= 15 is 0 Å². The highest BCUT2D eigenvalue weighted by molar-refractivity contribution is 4.96. The van der Waals surface area contributed by atoms with Gasteiger partial charge in [-0.15, -0.1) is 0 Å². The Bertz CT molecular complexity index is 108. The molecule has 1 atom stereocenters. The highest BCUT2D eigenvalue weighted by Gasteiger charge is 1.86. The largest absolute Gasteiger partial charge is 0.198 e. The van der Waals surface area contributed by atoms with E-state index in [-0.39, 0.29) is 5.92 Å². The van der Waals surface area contributed by atoms with Crippen LogP contribution in [0.5, 0.6) is 0 Å². The van der Waals surface area contributed by atoms with Crippen LogP contribution in [0.4, 0.5) is 0 Å². The molecule has 0 heterocycles. The van der Waals surface area contributed by atoms with Crippen molar-refractivity contribution in [2.45, 2.75) is 20.3 Å². The normalized spacial score (nSPS) is 13.6. The van der Waals surface area contributed by atoms with Gasteiger partial charge in [-0.1, -0.05) is 19.1 Å². The van der Waals surface area contributed by atoms with Crippen LogP contribution in [0.2, 0.25) is 0 Å². The van der Waals surface area contributed by atoms with E-state index in [0.29, 0.717) is 0 Å². The van der Waals surface area contributed by atoms with E-state index in [0.717, 1.165) is 6.42 Å². The number of hydrogen-bond donors (Lipinski definition) is 0. The van der Waals surface area contributed by atoms with Gasteiger partial charge in [-0.05, 0) is 13.3 Å². The minimum atomic E-state index is 0.0787. The van der Waals surface area contributed by atoms with Crippen molar-refractivity contribution in [2.24, 2.45) is 5.92 Å². The molecular formula is C7H11N. The van der Waals surface area contributed by atoms with Gasteiger partial charge in [-0.3, -0.25) is 0 Å². The maximum Gasteiger partial charge on any atom is 0.0694 e. The first-order valence-electron chi connectivity index (χ1n) is 2.87. The number of hydrogen-bond acceptors (Lipinski definition) is 1. The zero-order valence-electron chi connectivity index (χ0n) is 5.39. The molecule has 0 aromatic rings. The molecule has 0 aliphatic carbocycles. The zero-order valence-corrected chi connectivity index (χ0v) is 5.39. The van der Waals surface area contributed by atoms with Crippen molar-refractivity contribution < 1.29 is 0 Å². The Kier molecular flexibility index (Phi) is 3.97. The second-order valence-corrected chi connectivity index (χ2v) is 1.75. The molecule has 1 unspecified atom stereocenters. The van der Waals surface area contributed by atoms with Gasteiger partial charge in [-0.25, -0.2) is 0 Å². The van der Waals surface area contributed by atoms with Crippen LogP contribution in [-0.4, -0.2) is 0 Å². The third-order valence-corrected chi connectivity index (χ3v) is 0.864. The Balaban J connectivity index is 3.40.